The molecule has 2 nitrogen and oxygen atoms in total. The predicted molar refractivity (Wildman–Crippen MR) is 74.3 cm³/mol. The Kier molecular flexibility index (Phi) is 4.48. The Balaban J connectivity index is 1.82. The first-order valence-corrected chi connectivity index (χ1v) is 7.55. The number of rotatable bonds is 5. The Morgan fingerprint density at radius 1 is 1.12 bits per heavy atom. The largest absolute Gasteiger partial charge is 0.312 e. The van der Waals surface area contributed by atoms with Crippen LogP contribution < -0.4 is 5.32 Å². The molecular formula is C15H30N2. The molecule has 1 atom stereocenters. The summed E-state index contributed by atoms with van der Waals surface area (Å²) >= 11 is 0. The van der Waals surface area contributed by atoms with Crippen LogP contribution in [0.2, 0.25) is 0 Å². The van der Waals surface area contributed by atoms with Gasteiger partial charge in [-0.05, 0) is 52.6 Å². The number of hydrogen-bond donors (Lipinski definition) is 1. The van der Waals surface area contributed by atoms with Gasteiger partial charge in [-0.3, -0.25) is 0 Å². The second-order valence-electron chi connectivity index (χ2n) is 6.54. The summed E-state index contributed by atoms with van der Waals surface area (Å²) in [7, 11) is 4.51. The summed E-state index contributed by atoms with van der Waals surface area (Å²) in [5, 5.41) is 3.85. The van der Waals surface area contributed by atoms with Crippen molar-refractivity contribution in [3.05, 3.63) is 0 Å². The molecule has 2 rings (SSSR count). The average Bonchev–Trinajstić information content (AvgIpc) is 2.97. The molecule has 0 amide bonds. The minimum absolute atomic E-state index is 0.451. The van der Waals surface area contributed by atoms with Gasteiger partial charge in [0.05, 0.1) is 0 Å². The third-order valence-electron chi connectivity index (χ3n) is 5.34. The van der Waals surface area contributed by atoms with E-state index in [0.717, 1.165) is 12.0 Å². The van der Waals surface area contributed by atoms with Gasteiger partial charge in [0.25, 0.3) is 0 Å². The molecule has 0 heterocycles. The monoisotopic (exact) mass is 238 g/mol. The van der Waals surface area contributed by atoms with E-state index in [-0.39, 0.29) is 0 Å². The molecule has 1 unspecified atom stereocenters. The summed E-state index contributed by atoms with van der Waals surface area (Å²) < 4.78 is 0. The van der Waals surface area contributed by atoms with Gasteiger partial charge < -0.3 is 10.2 Å². The smallest absolute Gasteiger partial charge is 0.0327 e. The van der Waals surface area contributed by atoms with Crippen molar-refractivity contribution in [3.8, 4) is 0 Å². The van der Waals surface area contributed by atoms with Gasteiger partial charge in [0.15, 0.2) is 0 Å². The van der Waals surface area contributed by atoms with E-state index in [1.807, 2.05) is 0 Å². The molecular weight excluding hydrogens is 208 g/mol. The molecule has 0 saturated heterocycles. The lowest BCUT2D eigenvalue weighted by atomic mass is 9.93. The van der Waals surface area contributed by atoms with Gasteiger partial charge in [-0.1, -0.05) is 25.7 Å². The zero-order chi connectivity index (χ0) is 12.3. The van der Waals surface area contributed by atoms with Crippen molar-refractivity contribution in [2.45, 2.75) is 69.9 Å². The molecule has 0 bridgehead atoms. The Morgan fingerprint density at radius 2 is 1.71 bits per heavy atom. The van der Waals surface area contributed by atoms with Crippen molar-refractivity contribution >= 4 is 0 Å². The van der Waals surface area contributed by atoms with Crippen LogP contribution in [0.5, 0.6) is 0 Å². The minimum atomic E-state index is 0.451. The van der Waals surface area contributed by atoms with Crippen LogP contribution in [-0.4, -0.2) is 37.1 Å². The van der Waals surface area contributed by atoms with Gasteiger partial charge in [-0.25, -0.2) is 0 Å². The molecule has 0 spiro atoms. The van der Waals surface area contributed by atoms with Crippen molar-refractivity contribution in [1.29, 1.82) is 0 Å². The van der Waals surface area contributed by atoms with Crippen LogP contribution in [0.4, 0.5) is 0 Å². The maximum absolute atomic E-state index is 3.85. The first-order valence-electron chi connectivity index (χ1n) is 7.55. The summed E-state index contributed by atoms with van der Waals surface area (Å²) in [4.78, 5) is 2.47. The molecule has 0 aliphatic heterocycles. The maximum atomic E-state index is 3.85. The summed E-state index contributed by atoms with van der Waals surface area (Å²) in [6, 6.07) is 0.718. The zero-order valence-corrected chi connectivity index (χ0v) is 12.0. The summed E-state index contributed by atoms with van der Waals surface area (Å²) in [5.41, 5.74) is 0.451. The number of nitrogens with one attached hydrogen (secondary N) is 1. The maximum Gasteiger partial charge on any atom is 0.0327 e. The molecule has 0 radical (unpaired) electrons. The van der Waals surface area contributed by atoms with E-state index in [1.54, 1.807) is 0 Å². The van der Waals surface area contributed by atoms with Crippen LogP contribution in [0.25, 0.3) is 0 Å². The van der Waals surface area contributed by atoms with Crippen LogP contribution in [0.15, 0.2) is 0 Å². The van der Waals surface area contributed by atoms with E-state index in [1.165, 1.54) is 57.9 Å². The van der Waals surface area contributed by atoms with E-state index in [0.29, 0.717) is 5.54 Å². The van der Waals surface area contributed by atoms with E-state index in [2.05, 4.69) is 31.2 Å². The Morgan fingerprint density at radius 3 is 2.24 bits per heavy atom. The Hall–Kier alpha value is -0.0800. The molecule has 2 aliphatic rings. The fourth-order valence-corrected chi connectivity index (χ4v) is 3.79. The number of likely N-dealkylation sites (N-methyl/N-ethyl adjacent to an activating group) is 1. The molecule has 0 aromatic heterocycles. The van der Waals surface area contributed by atoms with Gasteiger partial charge in [0, 0.05) is 18.1 Å². The zero-order valence-electron chi connectivity index (χ0n) is 12.0. The van der Waals surface area contributed by atoms with Crippen molar-refractivity contribution in [2.24, 2.45) is 5.92 Å². The van der Waals surface area contributed by atoms with Crippen molar-refractivity contribution in [3.63, 3.8) is 0 Å². The lowest BCUT2D eigenvalue weighted by Crippen LogP contribution is -2.52. The lowest BCUT2D eigenvalue weighted by Gasteiger charge is -2.38. The number of nitrogens with zero attached hydrogens (tertiary/aromatic N) is 1. The molecule has 0 aromatic carbocycles. The predicted octanol–water partition coefficient (Wildman–Crippen LogP) is 3.03. The van der Waals surface area contributed by atoms with E-state index < -0.39 is 0 Å². The highest BCUT2D eigenvalue weighted by Crippen LogP contribution is 2.34. The number of hydrogen-bond acceptors (Lipinski definition) is 2. The molecule has 100 valence electrons. The second-order valence-corrected chi connectivity index (χ2v) is 6.54. The van der Waals surface area contributed by atoms with Crippen LogP contribution in [-0.2, 0) is 0 Å². The molecule has 2 heteroatoms. The quantitative estimate of drug-likeness (QED) is 0.792. The third kappa shape index (κ3) is 3.03. The van der Waals surface area contributed by atoms with Gasteiger partial charge in [-0.15, -0.1) is 0 Å². The molecule has 2 saturated carbocycles. The van der Waals surface area contributed by atoms with E-state index in [4.69, 9.17) is 0 Å². The Bertz CT molecular complexity index is 225. The second kappa shape index (κ2) is 5.71. The van der Waals surface area contributed by atoms with Crippen molar-refractivity contribution in [1.82, 2.24) is 10.2 Å². The van der Waals surface area contributed by atoms with Crippen LogP contribution >= 0.6 is 0 Å². The highest BCUT2D eigenvalue weighted by atomic mass is 15.2. The topological polar surface area (TPSA) is 15.3 Å². The van der Waals surface area contributed by atoms with Gasteiger partial charge in [0.2, 0.25) is 0 Å². The fraction of sp³-hybridized carbons (Fsp3) is 1.00. The van der Waals surface area contributed by atoms with Crippen molar-refractivity contribution < 1.29 is 0 Å². The molecule has 0 aromatic rings. The van der Waals surface area contributed by atoms with Crippen molar-refractivity contribution in [2.75, 3.05) is 20.6 Å². The van der Waals surface area contributed by atoms with Gasteiger partial charge in [0.1, 0.15) is 0 Å². The summed E-state index contributed by atoms with van der Waals surface area (Å²) in [6.45, 7) is 3.59. The first-order chi connectivity index (χ1) is 8.14. The van der Waals surface area contributed by atoms with Crippen LogP contribution in [0.3, 0.4) is 0 Å². The normalized spacial score (nSPS) is 26.8. The van der Waals surface area contributed by atoms with Crippen LogP contribution in [0, 0.1) is 5.92 Å². The third-order valence-corrected chi connectivity index (χ3v) is 5.34. The average molecular weight is 238 g/mol. The van der Waals surface area contributed by atoms with E-state index >= 15 is 0 Å². The first kappa shape index (κ1) is 13.4. The van der Waals surface area contributed by atoms with Crippen LogP contribution in [0.1, 0.15) is 58.3 Å². The fourth-order valence-electron chi connectivity index (χ4n) is 3.79. The standard InChI is InChI=1S/C15H30N2/c1-13(14-8-4-5-9-14)16-12-15(17(2)3)10-6-7-11-15/h13-14,16H,4-12H2,1-3H3. The highest BCUT2D eigenvalue weighted by Gasteiger charge is 2.36. The molecule has 2 fully saturated rings. The lowest BCUT2D eigenvalue weighted by molar-refractivity contribution is 0.145. The summed E-state index contributed by atoms with van der Waals surface area (Å²) in [5.74, 6) is 0.940. The minimum Gasteiger partial charge on any atom is -0.312 e. The molecule has 1 N–H and O–H groups in total. The Labute approximate surface area is 107 Å². The highest BCUT2D eigenvalue weighted by molar-refractivity contribution is 4.95. The van der Waals surface area contributed by atoms with Gasteiger partial charge >= 0.3 is 0 Å². The summed E-state index contributed by atoms with van der Waals surface area (Å²) in [6.07, 6.45) is 11.4. The molecule has 17 heavy (non-hydrogen) atoms. The van der Waals surface area contributed by atoms with E-state index in [9.17, 15) is 0 Å². The SMILES string of the molecule is CC(NCC1(N(C)C)CCCC1)C1CCCC1. The molecule has 2 aliphatic carbocycles. The van der Waals surface area contributed by atoms with Gasteiger partial charge in [-0.2, -0.15) is 0 Å².